The van der Waals surface area contributed by atoms with E-state index in [0.29, 0.717) is 17.8 Å². The Balaban J connectivity index is 2.06. The number of hydrogen-bond donors (Lipinski definition) is 2. The van der Waals surface area contributed by atoms with Crippen molar-refractivity contribution in [2.45, 2.75) is 85.4 Å². The van der Waals surface area contributed by atoms with Gasteiger partial charge in [-0.05, 0) is 63.7 Å². The van der Waals surface area contributed by atoms with Crippen molar-refractivity contribution < 1.29 is 10.2 Å². The van der Waals surface area contributed by atoms with E-state index in [9.17, 15) is 10.2 Å². The van der Waals surface area contributed by atoms with Crippen molar-refractivity contribution in [3.63, 3.8) is 0 Å². The van der Waals surface area contributed by atoms with Crippen LogP contribution in [-0.4, -0.2) is 21.9 Å². The third-order valence-corrected chi connectivity index (χ3v) is 8.75. The minimum absolute atomic E-state index is 0.0495. The first kappa shape index (κ1) is 19.2. The van der Waals surface area contributed by atoms with Crippen LogP contribution < -0.4 is 0 Å². The molecule has 2 N–H and O–H groups in total. The normalized spacial score (nSPS) is 54.7. The highest BCUT2D eigenvalue weighted by atomic mass is 16.3. The Labute approximate surface area is 154 Å². The third-order valence-electron chi connectivity index (χ3n) is 8.75. The first-order valence-corrected chi connectivity index (χ1v) is 10.4. The Bertz CT molecular complexity index is 575. The lowest BCUT2D eigenvalue weighted by Gasteiger charge is -2.59. The Kier molecular flexibility index (Phi) is 4.78. The molecule has 3 saturated carbocycles. The predicted octanol–water partition coefficient (Wildman–Crippen LogP) is 5.11. The fourth-order valence-electron chi connectivity index (χ4n) is 6.98. The van der Waals surface area contributed by atoms with E-state index >= 15 is 0 Å². The van der Waals surface area contributed by atoms with Crippen LogP contribution in [0.25, 0.3) is 0 Å². The zero-order valence-electron chi connectivity index (χ0n) is 17.0. The topological polar surface area (TPSA) is 40.5 Å². The molecule has 0 bridgehead atoms. The molecule has 8 atom stereocenters. The Hall–Kier alpha value is -0.600. The van der Waals surface area contributed by atoms with Gasteiger partial charge in [-0.1, -0.05) is 51.5 Å². The number of fused-ring (bicyclic) bond motifs is 3. The summed E-state index contributed by atoms with van der Waals surface area (Å²) in [6.07, 6.45) is 11.7. The first-order valence-electron chi connectivity index (χ1n) is 10.4. The van der Waals surface area contributed by atoms with Crippen molar-refractivity contribution >= 4 is 0 Å². The van der Waals surface area contributed by atoms with Crippen molar-refractivity contribution in [1.29, 1.82) is 0 Å². The van der Waals surface area contributed by atoms with E-state index in [-0.39, 0.29) is 22.9 Å². The summed E-state index contributed by atoms with van der Waals surface area (Å²) in [7, 11) is 0. The highest BCUT2D eigenvalue weighted by Gasteiger charge is 2.66. The predicted molar refractivity (Wildman–Crippen MR) is 104 cm³/mol. The fraction of sp³-hybridized carbons (Fsp3) is 0.826. The van der Waals surface area contributed by atoms with Crippen molar-refractivity contribution in [2.75, 3.05) is 0 Å². The summed E-state index contributed by atoms with van der Waals surface area (Å²) in [5.41, 5.74) is 0.584. The molecule has 3 fully saturated rings. The summed E-state index contributed by atoms with van der Waals surface area (Å²) in [5, 5.41) is 22.6. The van der Waals surface area contributed by atoms with E-state index in [1.54, 1.807) is 0 Å². The van der Waals surface area contributed by atoms with Gasteiger partial charge in [-0.25, -0.2) is 0 Å². The molecule has 0 amide bonds. The van der Waals surface area contributed by atoms with E-state index in [4.69, 9.17) is 0 Å². The third kappa shape index (κ3) is 2.51. The standard InChI is InChI=1S/C23H38O2/c1-7-9-12-21(4)16(8-2)10-11-17-18-13-15(3)23(6,25)22(18,5)14-19(24)20(17)21/h8-9,12,15,17-20,24-25H,7,10-11,13-14H2,1-6H3/b12-9-,16-8-/t15?,17?,18?,19?,20?,21?,22?,23-/m1/s1. The second kappa shape index (κ2) is 6.23. The molecule has 0 radical (unpaired) electrons. The molecular formula is C23H38O2. The van der Waals surface area contributed by atoms with Crippen LogP contribution in [0.5, 0.6) is 0 Å². The van der Waals surface area contributed by atoms with Gasteiger partial charge in [0.2, 0.25) is 0 Å². The van der Waals surface area contributed by atoms with Gasteiger partial charge in [0.15, 0.2) is 0 Å². The summed E-state index contributed by atoms with van der Waals surface area (Å²) in [4.78, 5) is 0. The van der Waals surface area contributed by atoms with Gasteiger partial charge in [0, 0.05) is 16.7 Å². The van der Waals surface area contributed by atoms with Gasteiger partial charge < -0.3 is 10.2 Å². The molecule has 0 heterocycles. The smallest absolute Gasteiger partial charge is 0.0702 e. The average molecular weight is 347 g/mol. The van der Waals surface area contributed by atoms with Crippen LogP contribution in [0, 0.1) is 34.5 Å². The molecule has 0 aromatic rings. The van der Waals surface area contributed by atoms with E-state index in [1.165, 1.54) is 5.57 Å². The molecule has 3 rings (SSSR count). The maximum atomic E-state index is 11.3. The summed E-state index contributed by atoms with van der Waals surface area (Å²) < 4.78 is 0. The lowest BCUT2D eigenvalue weighted by molar-refractivity contribution is -0.163. The largest absolute Gasteiger partial charge is 0.393 e. The molecule has 25 heavy (non-hydrogen) atoms. The van der Waals surface area contributed by atoms with Crippen molar-refractivity contribution in [3.05, 3.63) is 23.8 Å². The summed E-state index contributed by atoms with van der Waals surface area (Å²) >= 11 is 0. The fourth-order valence-corrected chi connectivity index (χ4v) is 6.98. The first-order chi connectivity index (χ1) is 11.6. The molecule has 0 aliphatic heterocycles. The molecule has 2 nitrogen and oxygen atoms in total. The van der Waals surface area contributed by atoms with E-state index in [1.807, 2.05) is 6.92 Å². The molecule has 142 valence electrons. The van der Waals surface area contributed by atoms with Crippen molar-refractivity contribution in [3.8, 4) is 0 Å². The monoisotopic (exact) mass is 346 g/mol. The Morgan fingerprint density at radius 2 is 1.92 bits per heavy atom. The zero-order chi connectivity index (χ0) is 18.6. The highest BCUT2D eigenvalue weighted by Crippen LogP contribution is 2.67. The number of rotatable bonds is 2. The lowest BCUT2D eigenvalue weighted by Crippen LogP contribution is -2.58. The summed E-state index contributed by atoms with van der Waals surface area (Å²) in [6.45, 7) is 13.1. The number of allylic oxidation sites excluding steroid dienone is 4. The Morgan fingerprint density at radius 1 is 1.24 bits per heavy atom. The molecule has 3 aliphatic carbocycles. The average Bonchev–Trinajstić information content (AvgIpc) is 2.72. The molecule has 2 heteroatoms. The van der Waals surface area contributed by atoms with E-state index in [2.05, 4.69) is 52.8 Å². The highest BCUT2D eigenvalue weighted by molar-refractivity contribution is 5.29. The maximum absolute atomic E-state index is 11.3. The van der Waals surface area contributed by atoms with Gasteiger partial charge in [0.25, 0.3) is 0 Å². The second-order valence-corrected chi connectivity index (χ2v) is 9.72. The Morgan fingerprint density at radius 3 is 2.52 bits per heavy atom. The van der Waals surface area contributed by atoms with Crippen LogP contribution >= 0.6 is 0 Å². The maximum Gasteiger partial charge on any atom is 0.0702 e. The lowest BCUT2D eigenvalue weighted by atomic mass is 9.47. The van der Waals surface area contributed by atoms with Crippen LogP contribution in [0.2, 0.25) is 0 Å². The van der Waals surface area contributed by atoms with Crippen LogP contribution in [0.3, 0.4) is 0 Å². The molecule has 7 unspecified atom stereocenters. The minimum Gasteiger partial charge on any atom is -0.393 e. The van der Waals surface area contributed by atoms with E-state index in [0.717, 1.165) is 32.1 Å². The van der Waals surface area contributed by atoms with Gasteiger partial charge in [-0.2, -0.15) is 0 Å². The van der Waals surface area contributed by atoms with E-state index < -0.39 is 5.60 Å². The molecule has 0 aromatic heterocycles. The molecule has 0 aromatic carbocycles. The summed E-state index contributed by atoms with van der Waals surface area (Å²) in [6, 6.07) is 0. The van der Waals surface area contributed by atoms with Crippen LogP contribution in [0.1, 0.15) is 73.6 Å². The minimum atomic E-state index is -0.680. The zero-order valence-corrected chi connectivity index (χ0v) is 17.0. The van der Waals surface area contributed by atoms with Gasteiger partial charge in [-0.15, -0.1) is 0 Å². The second-order valence-electron chi connectivity index (χ2n) is 9.72. The summed E-state index contributed by atoms with van der Waals surface area (Å²) in [5.74, 6) is 1.59. The quantitative estimate of drug-likeness (QED) is 0.682. The number of hydrogen-bond acceptors (Lipinski definition) is 2. The number of aliphatic hydroxyl groups excluding tert-OH is 1. The van der Waals surface area contributed by atoms with Gasteiger partial charge >= 0.3 is 0 Å². The van der Waals surface area contributed by atoms with Gasteiger partial charge in [0.05, 0.1) is 11.7 Å². The molecule has 0 saturated heterocycles. The number of aliphatic hydroxyl groups is 2. The molecular weight excluding hydrogens is 308 g/mol. The molecule has 0 spiro atoms. The van der Waals surface area contributed by atoms with Crippen molar-refractivity contribution in [2.24, 2.45) is 34.5 Å². The van der Waals surface area contributed by atoms with Crippen molar-refractivity contribution in [1.82, 2.24) is 0 Å². The van der Waals surface area contributed by atoms with Crippen LogP contribution in [0.15, 0.2) is 23.8 Å². The van der Waals surface area contributed by atoms with Crippen LogP contribution in [0.4, 0.5) is 0 Å². The SMILES string of the molecule is C/C=C1/CCC2C(C(O)CC3(C)C2CC(C)[C@@]3(C)O)C1(C)/C=C\CC. The van der Waals surface area contributed by atoms with Crippen LogP contribution in [-0.2, 0) is 0 Å². The molecule has 3 aliphatic rings. The van der Waals surface area contributed by atoms with Gasteiger partial charge in [-0.3, -0.25) is 0 Å². The van der Waals surface area contributed by atoms with Gasteiger partial charge in [0.1, 0.15) is 0 Å².